The molecule has 0 bridgehead atoms. The molecule has 0 saturated heterocycles. The minimum absolute atomic E-state index is 0.0382. The van der Waals surface area contributed by atoms with E-state index in [-0.39, 0.29) is 40.8 Å². The van der Waals surface area contributed by atoms with Gasteiger partial charge in [-0.25, -0.2) is 17.5 Å². The van der Waals surface area contributed by atoms with Crippen LogP contribution in [0.1, 0.15) is 41.4 Å². The summed E-state index contributed by atoms with van der Waals surface area (Å²) in [5.41, 5.74) is 1.69. The van der Waals surface area contributed by atoms with Gasteiger partial charge in [0, 0.05) is 18.2 Å². The van der Waals surface area contributed by atoms with E-state index in [4.69, 9.17) is 0 Å². The second kappa shape index (κ2) is 9.47. The first-order valence-electron chi connectivity index (χ1n) is 9.34. The SMILES string of the molecule is Cc1ccc(S(=O)(=O)NC(C)C)cc1C(=O)NC[C@H](c1cccc(F)c1)N(C)C. The van der Waals surface area contributed by atoms with Gasteiger partial charge in [-0.05, 0) is 70.3 Å². The number of aryl methyl sites for hydroxylation is 1. The highest BCUT2D eigenvalue weighted by Crippen LogP contribution is 2.20. The van der Waals surface area contributed by atoms with Crippen LogP contribution in [0, 0.1) is 12.7 Å². The molecule has 0 heterocycles. The number of rotatable bonds is 8. The number of nitrogens with one attached hydrogen (secondary N) is 2. The summed E-state index contributed by atoms with van der Waals surface area (Å²) in [4.78, 5) is 14.7. The van der Waals surface area contributed by atoms with Crippen molar-refractivity contribution in [3.8, 4) is 0 Å². The highest BCUT2D eigenvalue weighted by atomic mass is 32.2. The maximum atomic E-state index is 13.6. The number of carbonyl (C=O) groups is 1. The van der Waals surface area contributed by atoms with E-state index in [9.17, 15) is 17.6 Å². The first kappa shape index (κ1) is 23.0. The zero-order valence-corrected chi connectivity index (χ0v) is 18.2. The molecule has 2 N–H and O–H groups in total. The third kappa shape index (κ3) is 6.09. The molecule has 2 aromatic carbocycles. The van der Waals surface area contributed by atoms with Crippen LogP contribution in [0.4, 0.5) is 4.39 Å². The monoisotopic (exact) mass is 421 g/mol. The molecule has 2 aromatic rings. The Bertz CT molecular complexity index is 975. The lowest BCUT2D eigenvalue weighted by atomic mass is 10.0. The molecule has 0 radical (unpaired) electrons. The molecule has 0 spiro atoms. The molecule has 1 atom stereocenters. The topological polar surface area (TPSA) is 78.5 Å². The first-order chi connectivity index (χ1) is 13.5. The van der Waals surface area contributed by atoms with Gasteiger partial charge >= 0.3 is 0 Å². The molecule has 0 saturated carbocycles. The minimum atomic E-state index is -3.70. The molecule has 0 aliphatic carbocycles. The van der Waals surface area contributed by atoms with Crippen molar-refractivity contribution in [1.82, 2.24) is 14.9 Å². The van der Waals surface area contributed by atoms with Crippen LogP contribution in [0.2, 0.25) is 0 Å². The normalized spacial score (nSPS) is 13.0. The minimum Gasteiger partial charge on any atom is -0.350 e. The summed E-state index contributed by atoms with van der Waals surface area (Å²) in [5.74, 6) is -0.723. The number of nitrogens with zero attached hydrogens (tertiary/aromatic N) is 1. The fourth-order valence-corrected chi connectivity index (χ4v) is 4.27. The van der Waals surface area contributed by atoms with Gasteiger partial charge in [0.15, 0.2) is 0 Å². The molecule has 0 fully saturated rings. The molecule has 29 heavy (non-hydrogen) atoms. The fraction of sp³-hybridized carbons (Fsp3) is 0.381. The van der Waals surface area contributed by atoms with Gasteiger partial charge in [-0.1, -0.05) is 18.2 Å². The summed E-state index contributed by atoms with van der Waals surface area (Å²) in [7, 11) is -0.0147. The van der Waals surface area contributed by atoms with Crippen molar-refractivity contribution >= 4 is 15.9 Å². The molecule has 1 amide bonds. The maximum Gasteiger partial charge on any atom is 0.251 e. The van der Waals surface area contributed by atoms with Gasteiger partial charge in [0.1, 0.15) is 5.82 Å². The zero-order chi connectivity index (χ0) is 21.8. The summed E-state index contributed by atoms with van der Waals surface area (Å²) < 4.78 is 40.9. The van der Waals surface area contributed by atoms with Crippen molar-refractivity contribution in [2.24, 2.45) is 0 Å². The number of amides is 1. The van der Waals surface area contributed by atoms with Crippen molar-refractivity contribution in [1.29, 1.82) is 0 Å². The molecule has 0 aliphatic rings. The molecule has 0 aromatic heterocycles. The Hall–Kier alpha value is -2.29. The largest absolute Gasteiger partial charge is 0.350 e. The van der Waals surface area contributed by atoms with Gasteiger partial charge in [0.05, 0.1) is 10.9 Å². The van der Waals surface area contributed by atoms with E-state index in [0.29, 0.717) is 5.56 Å². The van der Waals surface area contributed by atoms with E-state index >= 15 is 0 Å². The molecular weight excluding hydrogens is 393 g/mol. The lowest BCUT2D eigenvalue weighted by Crippen LogP contribution is -2.35. The van der Waals surface area contributed by atoms with Crippen molar-refractivity contribution in [2.75, 3.05) is 20.6 Å². The standard InChI is InChI=1S/C21H28FN3O3S/c1-14(2)24-29(27,28)18-10-9-15(3)19(12-18)21(26)23-13-20(25(4)5)16-7-6-8-17(22)11-16/h6-12,14,20,24H,13H2,1-5H3,(H,23,26)/t20-/m1/s1. The Morgan fingerprint density at radius 2 is 1.83 bits per heavy atom. The van der Waals surface area contributed by atoms with Crippen molar-refractivity contribution in [2.45, 2.75) is 37.8 Å². The molecule has 0 unspecified atom stereocenters. The van der Waals surface area contributed by atoms with Gasteiger partial charge in [0.2, 0.25) is 10.0 Å². The quantitative estimate of drug-likeness (QED) is 0.687. The summed E-state index contributed by atoms with van der Waals surface area (Å²) >= 11 is 0. The summed E-state index contributed by atoms with van der Waals surface area (Å²) in [6, 6.07) is 10.2. The Labute approximate surface area is 172 Å². The molecule has 2 rings (SSSR count). The molecule has 0 aliphatic heterocycles. The summed E-state index contributed by atoms with van der Waals surface area (Å²) in [6.07, 6.45) is 0. The third-order valence-corrected chi connectivity index (χ3v) is 6.12. The van der Waals surface area contributed by atoms with Crippen LogP contribution in [0.3, 0.4) is 0 Å². The predicted molar refractivity (Wildman–Crippen MR) is 112 cm³/mol. The van der Waals surface area contributed by atoms with E-state index in [2.05, 4.69) is 10.0 Å². The summed E-state index contributed by atoms with van der Waals surface area (Å²) in [5, 5.41) is 2.84. The second-order valence-electron chi connectivity index (χ2n) is 7.50. The number of likely N-dealkylation sites (N-methyl/N-ethyl adjacent to an activating group) is 1. The molecule has 6 nitrogen and oxygen atoms in total. The average molecular weight is 422 g/mol. The number of sulfonamides is 1. The smallest absolute Gasteiger partial charge is 0.251 e. The number of halogens is 1. The van der Waals surface area contributed by atoms with Crippen LogP contribution in [-0.4, -0.2) is 45.9 Å². The van der Waals surface area contributed by atoms with Crippen LogP contribution in [0.5, 0.6) is 0 Å². The maximum absolute atomic E-state index is 13.6. The Morgan fingerprint density at radius 3 is 2.41 bits per heavy atom. The number of carbonyl (C=O) groups excluding carboxylic acids is 1. The Kier molecular flexibility index (Phi) is 7.51. The van der Waals surface area contributed by atoms with E-state index in [1.165, 1.54) is 24.3 Å². The third-order valence-electron chi connectivity index (χ3n) is 4.47. The molecule has 158 valence electrons. The predicted octanol–water partition coefficient (Wildman–Crippen LogP) is 2.85. The van der Waals surface area contributed by atoms with Gasteiger partial charge in [-0.3, -0.25) is 4.79 Å². The number of hydrogen-bond donors (Lipinski definition) is 2. The van der Waals surface area contributed by atoms with Crippen LogP contribution in [0.25, 0.3) is 0 Å². The van der Waals surface area contributed by atoms with E-state index in [1.807, 2.05) is 19.0 Å². The summed E-state index contributed by atoms with van der Waals surface area (Å²) in [6.45, 7) is 5.45. The van der Waals surface area contributed by atoms with Crippen molar-refractivity contribution < 1.29 is 17.6 Å². The van der Waals surface area contributed by atoms with Gasteiger partial charge < -0.3 is 10.2 Å². The first-order valence-corrected chi connectivity index (χ1v) is 10.8. The van der Waals surface area contributed by atoms with Gasteiger partial charge in [-0.15, -0.1) is 0 Å². The highest BCUT2D eigenvalue weighted by molar-refractivity contribution is 7.89. The molecular formula is C21H28FN3O3S. The van der Waals surface area contributed by atoms with Gasteiger partial charge in [-0.2, -0.15) is 0 Å². The Balaban J connectivity index is 2.22. The second-order valence-corrected chi connectivity index (χ2v) is 9.21. The van der Waals surface area contributed by atoms with Crippen molar-refractivity contribution in [3.63, 3.8) is 0 Å². The van der Waals surface area contributed by atoms with E-state index in [0.717, 1.165) is 5.56 Å². The Morgan fingerprint density at radius 1 is 1.14 bits per heavy atom. The van der Waals surface area contributed by atoms with Crippen LogP contribution in [0.15, 0.2) is 47.4 Å². The number of benzene rings is 2. The average Bonchev–Trinajstić information content (AvgIpc) is 2.60. The van der Waals surface area contributed by atoms with Crippen LogP contribution >= 0.6 is 0 Å². The number of hydrogen-bond acceptors (Lipinski definition) is 4. The van der Waals surface area contributed by atoms with Crippen molar-refractivity contribution in [3.05, 3.63) is 65.0 Å². The van der Waals surface area contributed by atoms with Gasteiger partial charge in [0.25, 0.3) is 5.91 Å². The van der Waals surface area contributed by atoms with E-state index in [1.54, 1.807) is 39.0 Å². The fourth-order valence-electron chi connectivity index (χ4n) is 2.99. The lowest BCUT2D eigenvalue weighted by Gasteiger charge is -2.25. The zero-order valence-electron chi connectivity index (χ0n) is 17.4. The van der Waals surface area contributed by atoms with Crippen LogP contribution < -0.4 is 10.0 Å². The lowest BCUT2D eigenvalue weighted by molar-refractivity contribution is 0.0941. The van der Waals surface area contributed by atoms with Crippen LogP contribution in [-0.2, 0) is 10.0 Å². The highest BCUT2D eigenvalue weighted by Gasteiger charge is 2.20. The van der Waals surface area contributed by atoms with E-state index < -0.39 is 10.0 Å². The molecule has 8 heteroatoms.